The fourth-order valence-corrected chi connectivity index (χ4v) is 0.306. The number of aliphatic hydroxyl groups is 1. The van der Waals surface area contributed by atoms with Crippen molar-refractivity contribution < 1.29 is 5.11 Å². The van der Waals surface area contributed by atoms with Crippen LogP contribution in [0, 0.1) is 0 Å². The number of hydrogen-bond donors (Lipinski definition) is 1. The van der Waals surface area contributed by atoms with Gasteiger partial charge >= 0.3 is 43.6 Å². The molecule has 0 aromatic rings. The number of rotatable bonds is 1. The molecule has 0 fully saturated rings. The van der Waals surface area contributed by atoms with Gasteiger partial charge in [0.25, 0.3) is 0 Å². The second kappa shape index (κ2) is 3.66. The van der Waals surface area contributed by atoms with Gasteiger partial charge in [-0.15, -0.1) is 0 Å². The van der Waals surface area contributed by atoms with Gasteiger partial charge in [0.05, 0.1) is 0 Å². The van der Waals surface area contributed by atoms with E-state index >= 15 is 0 Å². The first-order chi connectivity index (χ1) is 3.31. The summed E-state index contributed by atoms with van der Waals surface area (Å²) in [4.78, 5) is 0. The summed E-state index contributed by atoms with van der Waals surface area (Å²) in [7, 11) is 0. The Morgan fingerprint density at radius 3 is 2.43 bits per heavy atom. The van der Waals surface area contributed by atoms with E-state index in [2.05, 4.69) is 0 Å². The Hall–Kier alpha value is -0.525. The van der Waals surface area contributed by atoms with Gasteiger partial charge in [0.1, 0.15) is 0 Å². The molecule has 0 heterocycles. The molecule has 1 N–H and O–H groups in total. The average molecular weight is 95.9 g/mol. The molecule has 0 amide bonds. The van der Waals surface area contributed by atoms with E-state index in [0.717, 1.165) is 11.8 Å². The molecule has 0 aliphatic heterocycles. The maximum absolute atomic E-state index is 8.25. The number of aliphatic hydroxyl groups excluding tert-OH is 1. The van der Waals surface area contributed by atoms with Crippen molar-refractivity contribution in [2.24, 2.45) is 0 Å². The van der Waals surface area contributed by atoms with Crippen LogP contribution in [0.2, 0.25) is 6.82 Å². The molecular weight excluding hydrogens is 86.9 g/mol. The quantitative estimate of drug-likeness (QED) is 0.381. The minimum absolute atomic E-state index is 0.877. The van der Waals surface area contributed by atoms with Crippen LogP contribution >= 0.6 is 0 Å². The molecule has 0 rings (SSSR count). The van der Waals surface area contributed by atoms with Gasteiger partial charge in [-0.2, -0.15) is 0 Å². The third kappa shape index (κ3) is 3.30. The van der Waals surface area contributed by atoms with E-state index in [0.29, 0.717) is 0 Å². The Balaban J connectivity index is 3.58. The van der Waals surface area contributed by atoms with Gasteiger partial charge in [-0.1, -0.05) is 0 Å². The number of allylic oxidation sites excluding steroid dienone is 1. The van der Waals surface area contributed by atoms with E-state index in [1.165, 1.54) is 0 Å². The van der Waals surface area contributed by atoms with Crippen LogP contribution in [0.15, 0.2) is 11.8 Å². The second-order valence-electron chi connectivity index (χ2n) is 1.37. The minimum atomic E-state index is 0.877. The van der Waals surface area contributed by atoms with E-state index < -0.39 is 0 Å². The Bertz CT molecular complexity index is 94.3. The van der Waals surface area contributed by atoms with E-state index in [9.17, 15) is 0 Å². The predicted molar refractivity (Wildman–Crippen MR) is 34.1 cm³/mol. The fraction of sp³-hybridized carbons (Fsp3) is 0.400. The Morgan fingerprint density at radius 1 is 1.71 bits per heavy atom. The van der Waals surface area contributed by atoms with Gasteiger partial charge in [0.15, 0.2) is 0 Å². The second-order valence-corrected chi connectivity index (χ2v) is 1.37. The molecule has 0 aromatic heterocycles. The summed E-state index contributed by atoms with van der Waals surface area (Å²) < 4.78 is 0. The van der Waals surface area contributed by atoms with Crippen molar-refractivity contribution in [1.29, 1.82) is 0 Å². The van der Waals surface area contributed by atoms with Crippen molar-refractivity contribution in [2.45, 2.75) is 13.7 Å². The van der Waals surface area contributed by atoms with Crippen LogP contribution in [-0.4, -0.2) is 18.0 Å². The van der Waals surface area contributed by atoms with Crippen LogP contribution in [-0.2, 0) is 0 Å². The molecule has 0 spiro atoms. The molecule has 0 saturated heterocycles. The molecule has 0 saturated carbocycles. The van der Waals surface area contributed by atoms with Crippen molar-refractivity contribution >= 4 is 12.9 Å². The van der Waals surface area contributed by atoms with Gasteiger partial charge in [-0.25, -0.2) is 0 Å². The first-order valence-electron chi connectivity index (χ1n) is 2.25. The van der Waals surface area contributed by atoms with Crippen molar-refractivity contribution in [2.75, 3.05) is 0 Å². The molecular formula is C5H9BO. The first kappa shape index (κ1) is 6.47. The molecule has 0 aliphatic rings. The Morgan fingerprint density at radius 2 is 2.29 bits per heavy atom. The summed E-state index contributed by atoms with van der Waals surface area (Å²) in [5, 5.41) is 8.25. The van der Waals surface area contributed by atoms with E-state index in [-0.39, 0.29) is 0 Å². The Labute approximate surface area is 44.6 Å². The van der Waals surface area contributed by atoms with Crippen LogP contribution < -0.4 is 0 Å². The zero-order valence-corrected chi connectivity index (χ0v) is 4.68. The molecule has 2 heteroatoms. The van der Waals surface area contributed by atoms with Gasteiger partial charge in [-0.05, 0) is 0 Å². The zero-order chi connectivity index (χ0) is 5.70. The number of hydrogen-bond acceptors (Lipinski definition) is 1. The Kier molecular flexibility index (Phi) is 3.38. The molecule has 7 heavy (non-hydrogen) atoms. The third-order valence-corrected chi connectivity index (χ3v) is 0.633. The third-order valence-electron chi connectivity index (χ3n) is 0.633. The fourth-order valence-electron chi connectivity index (χ4n) is 0.306. The van der Waals surface area contributed by atoms with Crippen molar-refractivity contribution in [1.82, 2.24) is 0 Å². The summed E-state index contributed by atoms with van der Waals surface area (Å²) in [6.45, 7) is 5.62. The van der Waals surface area contributed by atoms with Gasteiger partial charge < -0.3 is 0 Å². The molecule has 38 valence electrons. The zero-order valence-electron chi connectivity index (χ0n) is 4.68. The standard InChI is InChI=1S/C5H9BO/c1-5(4-7)3-6-2/h3-4,7H,1-2H3/b5-4-. The molecule has 0 aliphatic carbocycles. The SMILES string of the molecule is CB=C/C(C)=C\O. The first-order valence-corrected chi connectivity index (χ1v) is 2.25. The normalized spacial score (nSPS) is 12.0. The van der Waals surface area contributed by atoms with E-state index in [1.54, 1.807) is 0 Å². The summed E-state index contributed by atoms with van der Waals surface area (Å²) in [5.74, 6) is 1.83. The van der Waals surface area contributed by atoms with Crippen molar-refractivity contribution in [3.8, 4) is 0 Å². The summed E-state index contributed by atoms with van der Waals surface area (Å²) in [6, 6.07) is 0. The summed E-state index contributed by atoms with van der Waals surface area (Å²) in [6.07, 6.45) is 1.08. The van der Waals surface area contributed by atoms with Crippen molar-refractivity contribution in [3.05, 3.63) is 11.8 Å². The van der Waals surface area contributed by atoms with Gasteiger partial charge in [0, 0.05) is 0 Å². The topological polar surface area (TPSA) is 20.2 Å². The van der Waals surface area contributed by atoms with E-state index in [1.807, 2.05) is 26.6 Å². The molecule has 0 unspecified atom stereocenters. The van der Waals surface area contributed by atoms with Crippen LogP contribution in [0.4, 0.5) is 0 Å². The summed E-state index contributed by atoms with van der Waals surface area (Å²) in [5.41, 5.74) is 0.877. The van der Waals surface area contributed by atoms with Crippen molar-refractivity contribution in [3.63, 3.8) is 0 Å². The molecule has 0 radical (unpaired) electrons. The molecule has 0 aromatic carbocycles. The monoisotopic (exact) mass is 96.1 g/mol. The predicted octanol–water partition coefficient (Wildman–Crippen LogP) is 1.00. The van der Waals surface area contributed by atoms with Crippen LogP contribution in [0.3, 0.4) is 0 Å². The van der Waals surface area contributed by atoms with Gasteiger partial charge in [0.2, 0.25) is 0 Å². The van der Waals surface area contributed by atoms with E-state index in [4.69, 9.17) is 5.11 Å². The van der Waals surface area contributed by atoms with Crippen LogP contribution in [0.1, 0.15) is 6.92 Å². The summed E-state index contributed by atoms with van der Waals surface area (Å²) >= 11 is 0. The average Bonchev–Trinajstić information content (AvgIpc) is 1.68. The van der Waals surface area contributed by atoms with Crippen LogP contribution in [0.25, 0.3) is 0 Å². The molecule has 0 bridgehead atoms. The van der Waals surface area contributed by atoms with Gasteiger partial charge in [-0.3, -0.25) is 0 Å². The molecule has 1 nitrogen and oxygen atoms in total. The molecule has 0 atom stereocenters. The maximum atomic E-state index is 8.25. The van der Waals surface area contributed by atoms with Crippen LogP contribution in [0.5, 0.6) is 0 Å².